The Morgan fingerprint density at radius 3 is 2.52 bits per heavy atom. The summed E-state index contributed by atoms with van der Waals surface area (Å²) in [6, 6.07) is 21.5. The number of hydrogen-bond acceptors (Lipinski definition) is 2. The van der Waals surface area contributed by atoms with Gasteiger partial charge in [-0.25, -0.2) is 4.39 Å². The maximum absolute atomic E-state index is 14.1. The van der Waals surface area contributed by atoms with Crippen molar-refractivity contribution in [3.05, 3.63) is 108 Å². The Morgan fingerprint density at radius 1 is 0.968 bits per heavy atom. The minimum Gasteiger partial charge on any atom is -0.508 e. The van der Waals surface area contributed by atoms with E-state index in [0.717, 1.165) is 22.0 Å². The van der Waals surface area contributed by atoms with E-state index in [1.165, 1.54) is 12.1 Å². The summed E-state index contributed by atoms with van der Waals surface area (Å²) in [5.41, 5.74) is 3.63. The number of aromatic hydroxyl groups is 1. The van der Waals surface area contributed by atoms with Crippen molar-refractivity contribution in [2.75, 3.05) is 6.54 Å². The summed E-state index contributed by atoms with van der Waals surface area (Å²) in [6.45, 7) is 0.946. The lowest BCUT2D eigenvalue weighted by molar-refractivity contribution is -0.116. The summed E-state index contributed by atoms with van der Waals surface area (Å²) in [5.74, 6) is -0.201. The second-order valence-corrected chi connectivity index (χ2v) is 7.36. The molecule has 1 aromatic heterocycles. The number of halogens is 1. The van der Waals surface area contributed by atoms with E-state index in [9.17, 15) is 14.3 Å². The summed E-state index contributed by atoms with van der Waals surface area (Å²) in [5, 5.41) is 13.3. The zero-order valence-corrected chi connectivity index (χ0v) is 17.0. The normalized spacial score (nSPS) is 11.3. The van der Waals surface area contributed by atoms with Gasteiger partial charge in [0.05, 0.1) is 6.54 Å². The number of carbonyl (C=O) groups excluding carboxylic acids is 1. The van der Waals surface area contributed by atoms with Crippen molar-refractivity contribution in [3.63, 3.8) is 0 Å². The lowest BCUT2D eigenvalue weighted by Crippen LogP contribution is -2.23. The molecule has 0 bridgehead atoms. The van der Waals surface area contributed by atoms with E-state index in [2.05, 4.69) is 16.0 Å². The smallest absolute Gasteiger partial charge is 0.244 e. The Morgan fingerprint density at radius 2 is 1.71 bits per heavy atom. The molecular weight excluding hydrogens is 391 g/mol. The number of nitrogens with zero attached hydrogens (tertiary/aromatic N) is 1. The van der Waals surface area contributed by atoms with Crippen LogP contribution in [-0.2, 0) is 17.8 Å². The highest BCUT2D eigenvalue weighted by Crippen LogP contribution is 2.23. The van der Waals surface area contributed by atoms with Gasteiger partial charge >= 0.3 is 0 Å². The molecule has 1 heterocycles. The standard InChI is InChI=1S/C26H23FN2O2/c27-24-7-3-1-5-21(24)18-29-17-20(23-6-2-4-8-25(23)29)15-16-28-26(31)14-11-19-9-12-22(30)13-10-19/h1-14,17,30H,15-16,18H2,(H,28,31)/b14-11+. The van der Waals surface area contributed by atoms with Crippen molar-refractivity contribution in [3.8, 4) is 5.75 Å². The van der Waals surface area contributed by atoms with Crippen molar-refractivity contribution >= 4 is 22.9 Å². The first-order valence-electron chi connectivity index (χ1n) is 10.2. The zero-order valence-electron chi connectivity index (χ0n) is 17.0. The molecule has 0 saturated carbocycles. The topological polar surface area (TPSA) is 54.3 Å². The fourth-order valence-electron chi connectivity index (χ4n) is 3.60. The zero-order chi connectivity index (χ0) is 21.6. The second-order valence-electron chi connectivity index (χ2n) is 7.36. The molecule has 4 nitrogen and oxygen atoms in total. The highest BCUT2D eigenvalue weighted by Gasteiger charge is 2.10. The molecule has 5 heteroatoms. The number of para-hydroxylation sites is 1. The predicted molar refractivity (Wildman–Crippen MR) is 121 cm³/mol. The van der Waals surface area contributed by atoms with Crippen LogP contribution in [0.1, 0.15) is 16.7 Å². The Labute approximate surface area is 180 Å². The molecule has 2 N–H and O–H groups in total. The lowest BCUT2D eigenvalue weighted by atomic mass is 10.1. The molecule has 0 aliphatic carbocycles. The first-order chi connectivity index (χ1) is 15.1. The van der Waals surface area contributed by atoms with Gasteiger partial charge in [0.1, 0.15) is 11.6 Å². The monoisotopic (exact) mass is 414 g/mol. The van der Waals surface area contributed by atoms with Gasteiger partial charge in [0.2, 0.25) is 5.91 Å². The molecule has 0 spiro atoms. The Kier molecular flexibility index (Phi) is 6.13. The van der Waals surface area contributed by atoms with E-state index >= 15 is 0 Å². The number of hydrogen-bond donors (Lipinski definition) is 2. The predicted octanol–water partition coefficient (Wildman–Crippen LogP) is 4.91. The summed E-state index contributed by atoms with van der Waals surface area (Å²) in [4.78, 5) is 12.1. The van der Waals surface area contributed by atoms with Crippen LogP contribution in [0.5, 0.6) is 5.75 Å². The third-order valence-corrected chi connectivity index (χ3v) is 5.18. The van der Waals surface area contributed by atoms with Gasteiger partial charge in [-0.2, -0.15) is 0 Å². The largest absolute Gasteiger partial charge is 0.508 e. The van der Waals surface area contributed by atoms with Crippen LogP contribution >= 0.6 is 0 Å². The van der Waals surface area contributed by atoms with Gasteiger partial charge in [-0.15, -0.1) is 0 Å². The van der Waals surface area contributed by atoms with Gasteiger partial charge in [0, 0.05) is 35.3 Å². The molecule has 0 fully saturated rings. The molecule has 0 aliphatic rings. The minimum absolute atomic E-state index is 0.178. The average Bonchev–Trinajstić information content (AvgIpc) is 3.12. The van der Waals surface area contributed by atoms with E-state index in [1.807, 2.05) is 30.5 Å². The van der Waals surface area contributed by atoms with Gasteiger partial charge in [0.15, 0.2) is 0 Å². The molecule has 0 radical (unpaired) electrons. The number of rotatable bonds is 7. The molecule has 31 heavy (non-hydrogen) atoms. The third kappa shape index (κ3) is 5.01. The molecule has 0 unspecified atom stereocenters. The van der Waals surface area contributed by atoms with Crippen molar-refractivity contribution in [2.45, 2.75) is 13.0 Å². The van der Waals surface area contributed by atoms with E-state index in [0.29, 0.717) is 25.1 Å². The first kappa shape index (κ1) is 20.4. The van der Waals surface area contributed by atoms with E-state index in [-0.39, 0.29) is 17.5 Å². The van der Waals surface area contributed by atoms with Gasteiger partial charge in [-0.1, -0.05) is 48.5 Å². The van der Waals surface area contributed by atoms with Crippen molar-refractivity contribution < 1.29 is 14.3 Å². The Hall–Kier alpha value is -3.86. The molecule has 1 amide bonds. The quantitative estimate of drug-likeness (QED) is 0.423. The summed E-state index contributed by atoms with van der Waals surface area (Å²) in [6.07, 6.45) is 5.89. The first-order valence-corrected chi connectivity index (χ1v) is 10.2. The number of phenolic OH excluding ortho intramolecular Hbond substituents is 1. The number of fused-ring (bicyclic) bond motifs is 1. The highest BCUT2D eigenvalue weighted by molar-refractivity contribution is 5.91. The number of nitrogens with one attached hydrogen (secondary N) is 1. The van der Waals surface area contributed by atoms with E-state index in [1.54, 1.807) is 42.5 Å². The van der Waals surface area contributed by atoms with Gasteiger partial charge in [0.25, 0.3) is 0 Å². The van der Waals surface area contributed by atoms with Crippen LogP contribution in [0.3, 0.4) is 0 Å². The number of phenols is 1. The number of benzene rings is 3. The van der Waals surface area contributed by atoms with E-state index < -0.39 is 0 Å². The lowest BCUT2D eigenvalue weighted by Gasteiger charge is -2.06. The minimum atomic E-state index is -0.213. The fraction of sp³-hybridized carbons (Fsp3) is 0.115. The van der Waals surface area contributed by atoms with Crippen LogP contribution in [0, 0.1) is 5.82 Å². The number of carbonyl (C=O) groups is 1. The van der Waals surface area contributed by atoms with Crippen LogP contribution < -0.4 is 5.32 Å². The van der Waals surface area contributed by atoms with E-state index in [4.69, 9.17) is 0 Å². The molecule has 156 valence electrons. The van der Waals surface area contributed by atoms with Crippen LogP contribution in [0.15, 0.2) is 85.1 Å². The third-order valence-electron chi connectivity index (χ3n) is 5.18. The summed E-state index contributed by atoms with van der Waals surface area (Å²) >= 11 is 0. The van der Waals surface area contributed by atoms with Crippen molar-refractivity contribution in [2.24, 2.45) is 0 Å². The van der Waals surface area contributed by atoms with Gasteiger partial charge < -0.3 is 15.0 Å². The molecule has 0 atom stereocenters. The molecule has 4 aromatic rings. The second kappa shape index (κ2) is 9.30. The summed E-state index contributed by atoms with van der Waals surface area (Å²) < 4.78 is 16.2. The molecule has 3 aromatic carbocycles. The maximum atomic E-state index is 14.1. The molecule has 0 saturated heterocycles. The van der Waals surface area contributed by atoms with Crippen LogP contribution in [0.4, 0.5) is 4.39 Å². The van der Waals surface area contributed by atoms with Crippen molar-refractivity contribution in [1.29, 1.82) is 0 Å². The maximum Gasteiger partial charge on any atom is 0.244 e. The average molecular weight is 414 g/mol. The SMILES string of the molecule is O=C(/C=C/c1ccc(O)cc1)NCCc1cn(Cc2ccccc2F)c2ccccc12. The van der Waals surface area contributed by atoms with Crippen molar-refractivity contribution in [1.82, 2.24) is 9.88 Å². The summed E-state index contributed by atoms with van der Waals surface area (Å²) in [7, 11) is 0. The Bertz CT molecular complexity index is 1230. The number of aromatic nitrogens is 1. The van der Waals surface area contributed by atoms with Crippen LogP contribution in [0.25, 0.3) is 17.0 Å². The number of amides is 1. The van der Waals surface area contributed by atoms with Crippen LogP contribution in [0.2, 0.25) is 0 Å². The highest BCUT2D eigenvalue weighted by atomic mass is 19.1. The van der Waals surface area contributed by atoms with Gasteiger partial charge in [-0.05, 0) is 47.9 Å². The molecule has 0 aliphatic heterocycles. The van der Waals surface area contributed by atoms with Gasteiger partial charge in [-0.3, -0.25) is 4.79 Å². The Balaban J connectivity index is 1.42. The fourth-order valence-corrected chi connectivity index (χ4v) is 3.60. The molecule has 4 rings (SSSR count). The van der Waals surface area contributed by atoms with Crippen LogP contribution in [-0.4, -0.2) is 22.1 Å². The molecular formula is C26H23FN2O2.